The molecule has 25 heavy (non-hydrogen) atoms. The van der Waals surface area contributed by atoms with E-state index in [1.165, 1.54) is 0 Å². The molecule has 0 radical (unpaired) electrons. The third-order valence-electron chi connectivity index (χ3n) is 3.64. The number of hydrogen-bond acceptors (Lipinski definition) is 4. The van der Waals surface area contributed by atoms with Gasteiger partial charge in [-0.2, -0.15) is 4.57 Å². The number of aliphatic imine (C=N–C) groups is 1. The van der Waals surface area contributed by atoms with E-state index < -0.39 is 6.04 Å². The molecule has 1 aromatic carbocycles. The van der Waals surface area contributed by atoms with Crippen molar-refractivity contribution in [2.75, 3.05) is 25.5 Å². The molecule has 0 aliphatic heterocycles. The van der Waals surface area contributed by atoms with Gasteiger partial charge in [0.15, 0.2) is 12.4 Å². The number of rotatable bonds is 7. The van der Waals surface area contributed by atoms with Crippen molar-refractivity contribution in [1.29, 1.82) is 0 Å². The maximum Gasteiger partial charge on any atom is 0.237 e. The van der Waals surface area contributed by atoms with E-state index >= 15 is 0 Å². The van der Waals surface area contributed by atoms with Crippen LogP contribution < -0.4 is 9.47 Å². The quantitative estimate of drug-likeness (QED) is 0.173. The Morgan fingerprint density at radius 1 is 1.28 bits per heavy atom. The van der Waals surface area contributed by atoms with Crippen LogP contribution >= 0.6 is 15.9 Å². The fourth-order valence-corrected chi connectivity index (χ4v) is 2.86. The second-order valence-corrected chi connectivity index (χ2v) is 6.97. The van der Waals surface area contributed by atoms with Crippen molar-refractivity contribution < 1.29 is 9.36 Å². The van der Waals surface area contributed by atoms with Gasteiger partial charge >= 0.3 is 0 Å². The van der Waals surface area contributed by atoms with Crippen molar-refractivity contribution in [3.05, 3.63) is 71.5 Å². The highest BCUT2D eigenvalue weighted by molar-refractivity contribution is 9.10. The van der Waals surface area contributed by atoms with E-state index in [4.69, 9.17) is 12.6 Å². The van der Waals surface area contributed by atoms with Crippen molar-refractivity contribution in [2.24, 2.45) is 4.99 Å². The Morgan fingerprint density at radius 2 is 1.88 bits per heavy atom. The minimum absolute atomic E-state index is 0.0899. The fourth-order valence-electron chi connectivity index (χ4n) is 2.29. The van der Waals surface area contributed by atoms with E-state index in [0.29, 0.717) is 17.2 Å². The highest BCUT2D eigenvalue weighted by Gasteiger charge is 2.28. The summed E-state index contributed by atoms with van der Waals surface area (Å²) in [5.74, 6) is -0.0899. The number of hydrogen-bond donors (Lipinski definition) is 0. The maximum atomic E-state index is 13.1. The summed E-state index contributed by atoms with van der Waals surface area (Å²) in [5, 5.41) is 0.343. The molecule has 0 bridgehead atoms. The van der Waals surface area contributed by atoms with Gasteiger partial charge in [0.2, 0.25) is 11.8 Å². The lowest BCUT2D eigenvalue weighted by molar-refractivity contribution is -0.691. The number of aromatic nitrogens is 1. The van der Waals surface area contributed by atoms with Crippen molar-refractivity contribution in [3.8, 4) is 0 Å². The lowest BCUT2D eigenvalue weighted by atomic mass is 10.0. The van der Waals surface area contributed by atoms with Crippen LogP contribution in [0.5, 0.6) is 0 Å². The van der Waals surface area contributed by atoms with Gasteiger partial charge < -0.3 is 22.5 Å². The van der Waals surface area contributed by atoms with Gasteiger partial charge in [0.25, 0.3) is 0 Å². The molecule has 130 valence electrons. The van der Waals surface area contributed by atoms with E-state index in [2.05, 4.69) is 27.5 Å². The van der Waals surface area contributed by atoms with Crippen LogP contribution in [0.2, 0.25) is 0 Å². The molecule has 2 aromatic rings. The second-order valence-electron chi connectivity index (χ2n) is 5.64. The van der Waals surface area contributed by atoms with E-state index in [1.807, 2.05) is 55.7 Å². The zero-order chi connectivity index (χ0) is 18.4. The van der Waals surface area contributed by atoms with Gasteiger partial charge in [-0.25, -0.2) is 0 Å². The largest absolute Gasteiger partial charge is 0.758 e. The molecular formula is C19H20BrN3OS. The fraction of sp³-hybridized carbons (Fsp3) is 0.211. The lowest BCUT2D eigenvalue weighted by Crippen LogP contribution is -2.47. The van der Waals surface area contributed by atoms with Gasteiger partial charge in [0, 0.05) is 42.0 Å². The summed E-state index contributed by atoms with van der Waals surface area (Å²) in [5.41, 5.74) is 1.63. The Labute approximate surface area is 162 Å². The molecule has 0 aliphatic carbocycles. The number of ketones is 1. The first-order chi connectivity index (χ1) is 11.9. The summed E-state index contributed by atoms with van der Waals surface area (Å²) in [4.78, 5) is 19.3. The standard InChI is InChI=1S/C19H20BrN3OS/c1-4-11-21-19(25)17(18(24)14-5-7-15(20)8-6-14)23-12-9-16(10-13-23)22(2)3/h4-10,12-13,17H,1,11H2,2-3H3/t17-/m0/s1. The van der Waals surface area contributed by atoms with Crippen LogP contribution in [-0.2, 0) is 12.6 Å². The smallest absolute Gasteiger partial charge is 0.237 e. The Morgan fingerprint density at radius 3 is 2.40 bits per heavy atom. The van der Waals surface area contributed by atoms with E-state index in [-0.39, 0.29) is 5.78 Å². The summed E-state index contributed by atoms with van der Waals surface area (Å²) in [6, 6.07) is 10.5. The van der Waals surface area contributed by atoms with Gasteiger partial charge in [-0.15, -0.1) is 6.58 Å². The molecule has 0 unspecified atom stereocenters. The predicted molar refractivity (Wildman–Crippen MR) is 108 cm³/mol. The van der Waals surface area contributed by atoms with Crippen molar-refractivity contribution in [3.63, 3.8) is 0 Å². The third-order valence-corrected chi connectivity index (χ3v) is 4.52. The number of carbonyl (C=O) groups is 1. The molecule has 0 saturated carbocycles. The van der Waals surface area contributed by atoms with E-state index in [1.54, 1.807) is 22.8 Å². The van der Waals surface area contributed by atoms with E-state index in [9.17, 15) is 4.79 Å². The van der Waals surface area contributed by atoms with Crippen LogP contribution in [-0.4, -0.2) is 31.5 Å². The van der Waals surface area contributed by atoms with Crippen molar-refractivity contribution in [2.45, 2.75) is 6.04 Å². The van der Waals surface area contributed by atoms with Gasteiger partial charge in [0.05, 0.1) is 6.54 Å². The van der Waals surface area contributed by atoms with Crippen LogP contribution in [0.4, 0.5) is 5.69 Å². The lowest BCUT2D eigenvalue weighted by Gasteiger charge is -2.19. The number of benzene rings is 1. The first-order valence-electron chi connectivity index (χ1n) is 7.74. The molecule has 1 atom stereocenters. The predicted octanol–water partition coefficient (Wildman–Crippen LogP) is 3.36. The number of anilines is 1. The molecule has 2 rings (SSSR count). The highest BCUT2D eigenvalue weighted by atomic mass is 79.9. The van der Waals surface area contributed by atoms with Crippen LogP contribution in [0.25, 0.3) is 0 Å². The summed E-state index contributed by atoms with van der Waals surface area (Å²) in [7, 11) is 3.93. The zero-order valence-corrected chi connectivity index (χ0v) is 16.6. The summed E-state index contributed by atoms with van der Waals surface area (Å²) >= 11 is 8.82. The topological polar surface area (TPSA) is 36.6 Å². The van der Waals surface area contributed by atoms with Crippen LogP contribution in [0, 0.1) is 0 Å². The Balaban J connectivity index is 2.43. The normalized spacial score (nSPS) is 12.5. The third kappa shape index (κ3) is 4.96. The minimum atomic E-state index is -0.660. The first-order valence-corrected chi connectivity index (χ1v) is 8.94. The molecule has 1 heterocycles. The zero-order valence-electron chi connectivity index (χ0n) is 14.2. The highest BCUT2D eigenvalue weighted by Crippen LogP contribution is 2.16. The minimum Gasteiger partial charge on any atom is -0.758 e. The molecule has 4 nitrogen and oxygen atoms in total. The molecule has 0 spiro atoms. The molecule has 0 saturated heterocycles. The van der Waals surface area contributed by atoms with Gasteiger partial charge in [-0.1, -0.05) is 34.1 Å². The van der Waals surface area contributed by atoms with Gasteiger partial charge in [0.1, 0.15) is 0 Å². The summed E-state index contributed by atoms with van der Waals surface area (Å²) in [6.07, 6.45) is 5.37. The maximum absolute atomic E-state index is 13.1. The molecular weight excluding hydrogens is 398 g/mol. The molecule has 0 fully saturated rings. The van der Waals surface area contributed by atoms with E-state index in [0.717, 1.165) is 10.2 Å². The number of halogens is 1. The average Bonchev–Trinajstić information content (AvgIpc) is 2.61. The van der Waals surface area contributed by atoms with Crippen LogP contribution in [0.1, 0.15) is 16.4 Å². The monoisotopic (exact) mass is 417 g/mol. The van der Waals surface area contributed by atoms with Crippen molar-refractivity contribution in [1.82, 2.24) is 0 Å². The van der Waals surface area contributed by atoms with Crippen LogP contribution in [0.15, 0.2) is 70.9 Å². The van der Waals surface area contributed by atoms with Crippen LogP contribution in [0.3, 0.4) is 0 Å². The molecule has 6 heteroatoms. The van der Waals surface area contributed by atoms with Crippen molar-refractivity contribution >= 4 is 45.1 Å². The summed E-state index contributed by atoms with van der Waals surface area (Å²) < 4.78 is 2.72. The molecule has 1 aromatic heterocycles. The molecule has 0 amide bonds. The van der Waals surface area contributed by atoms with Gasteiger partial charge in [-0.3, -0.25) is 4.79 Å². The number of carbonyl (C=O) groups excluding carboxylic acids is 1. The molecule has 0 aliphatic rings. The number of pyridine rings is 1. The summed E-state index contributed by atoms with van der Waals surface area (Å²) in [6.45, 7) is 4.04. The Kier molecular flexibility index (Phi) is 6.84. The number of Topliss-reactive ketones (excluding diaryl/α,β-unsaturated/α-hetero) is 1. The molecule has 0 N–H and O–H groups in total. The Hall–Kier alpha value is -2.05. The first kappa shape index (κ1) is 19.3. The average molecular weight is 418 g/mol. The van der Waals surface area contributed by atoms with Gasteiger partial charge in [-0.05, 0) is 17.2 Å². The number of nitrogens with zero attached hydrogens (tertiary/aromatic N) is 3. The Bertz CT molecular complexity index is 770. The second kappa shape index (κ2) is 8.87. The SMILES string of the molecule is C=CCN=C([S-])[C@H](C(=O)c1ccc(Br)cc1)[n+]1ccc(N(C)C)cc1.